The van der Waals surface area contributed by atoms with Crippen molar-refractivity contribution in [2.45, 2.75) is 24.9 Å². The molecule has 3 aromatic rings. The summed E-state index contributed by atoms with van der Waals surface area (Å²) in [4.78, 5) is 6.39. The van der Waals surface area contributed by atoms with Crippen molar-refractivity contribution >= 4 is 34.5 Å². The first-order valence-electron chi connectivity index (χ1n) is 11.3. The lowest BCUT2D eigenvalue weighted by molar-refractivity contribution is 0.204. The minimum absolute atomic E-state index is 0.176. The van der Waals surface area contributed by atoms with Crippen molar-refractivity contribution in [2.75, 3.05) is 36.8 Å². The minimum atomic E-state index is 0.176. The van der Waals surface area contributed by atoms with Crippen LogP contribution in [0.1, 0.15) is 29.9 Å². The second-order valence-corrected chi connectivity index (χ2v) is 9.69. The van der Waals surface area contributed by atoms with Gasteiger partial charge in [0.15, 0.2) is 0 Å². The van der Waals surface area contributed by atoms with Crippen LogP contribution in [0.3, 0.4) is 0 Å². The van der Waals surface area contributed by atoms with Crippen LogP contribution in [0.4, 0.5) is 17.1 Å². The first kappa shape index (κ1) is 19.1. The highest BCUT2D eigenvalue weighted by Crippen LogP contribution is 2.50. The van der Waals surface area contributed by atoms with Gasteiger partial charge >= 0.3 is 0 Å². The molecule has 1 aromatic heterocycles. The van der Waals surface area contributed by atoms with Crippen LogP contribution in [0.15, 0.2) is 60.0 Å². The van der Waals surface area contributed by atoms with E-state index in [-0.39, 0.29) is 6.17 Å². The number of hydrogen-bond donors (Lipinski definition) is 2. The Hall–Kier alpha value is -2.60. The average molecular weight is 429 g/mol. The van der Waals surface area contributed by atoms with Crippen molar-refractivity contribution in [1.82, 2.24) is 10.2 Å². The van der Waals surface area contributed by atoms with Crippen molar-refractivity contribution in [2.24, 2.45) is 0 Å². The third kappa shape index (κ3) is 3.47. The number of nitrogens with one attached hydrogen (secondary N) is 1. The van der Waals surface area contributed by atoms with E-state index in [9.17, 15) is 0 Å². The SMILES string of the molecule is Nc1ccc(-c2cccs2)cc1N1c2c(cccc2C2CC2)C=CC1N1CCNCC1. The van der Waals surface area contributed by atoms with Gasteiger partial charge in [-0.15, -0.1) is 11.3 Å². The number of para-hydroxylation sites is 1. The predicted octanol–water partition coefficient (Wildman–Crippen LogP) is 5.27. The number of anilines is 3. The molecule has 1 unspecified atom stereocenters. The fourth-order valence-corrected chi connectivity index (χ4v) is 5.69. The molecule has 31 heavy (non-hydrogen) atoms. The van der Waals surface area contributed by atoms with E-state index in [1.807, 2.05) is 0 Å². The Balaban J connectivity index is 1.53. The molecule has 2 aromatic carbocycles. The van der Waals surface area contributed by atoms with Gasteiger partial charge < -0.3 is 16.0 Å². The number of nitrogen functional groups attached to an aromatic ring is 1. The highest BCUT2D eigenvalue weighted by atomic mass is 32.1. The van der Waals surface area contributed by atoms with Crippen LogP contribution in [-0.2, 0) is 0 Å². The molecular formula is C26H28N4S. The third-order valence-electron chi connectivity index (χ3n) is 6.69. The molecule has 4 nitrogen and oxygen atoms in total. The van der Waals surface area contributed by atoms with Gasteiger partial charge in [-0.25, -0.2) is 0 Å². The van der Waals surface area contributed by atoms with Crippen LogP contribution >= 0.6 is 11.3 Å². The number of fused-ring (bicyclic) bond motifs is 1. The summed E-state index contributed by atoms with van der Waals surface area (Å²) in [6.45, 7) is 4.13. The molecule has 3 aliphatic rings. The van der Waals surface area contributed by atoms with E-state index < -0.39 is 0 Å². The minimum Gasteiger partial charge on any atom is -0.397 e. The zero-order valence-electron chi connectivity index (χ0n) is 17.6. The largest absolute Gasteiger partial charge is 0.397 e. The van der Waals surface area contributed by atoms with Gasteiger partial charge in [0.05, 0.1) is 17.1 Å². The van der Waals surface area contributed by atoms with Crippen LogP contribution in [0.25, 0.3) is 16.5 Å². The van der Waals surface area contributed by atoms with Crippen molar-refractivity contribution in [3.63, 3.8) is 0 Å². The number of nitrogens with two attached hydrogens (primary N) is 1. The highest BCUT2D eigenvalue weighted by Gasteiger charge is 2.36. The van der Waals surface area contributed by atoms with E-state index in [0.29, 0.717) is 5.92 Å². The van der Waals surface area contributed by atoms with Gasteiger partial charge in [-0.2, -0.15) is 0 Å². The molecule has 2 fully saturated rings. The summed E-state index contributed by atoms with van der Waals surface area (Å²) in [7, 11) is 0. The highest BCUT2D eigenvalue weighted by molar-refractivity contribution is 7.13. The van der Waals surface area contributed by atoms with Gasteiger partial charge in [0.1, 0.15) is 6.17 Å². The van der Waals surface area contributed by atoms with Gasteiger partial charge in [-0.05, 0) is 65.1 Å². The average Bonchev–Trinajstić information content (AvgIpc) is 3.52. The monoisotopic (exact) mass is 428 g/mol. The first-order chi connectivity index (χ1) is 15.3. The molecule has 1 saturated heterocycles. The molecule has 158 valence electrons. The second kappa shape index (κ2) is 7.83. The second-order valence-electron chi connectivity index (χ2n) is 8.74. The molecule has 6 rings (SSSR count). The van der Waals surface area contributed by atoms with Crippen LogP contribution in [-0.4, -0.2) is 37.2 Å². The number of thiophene rings is 1. The molecule has 1 atom stereocenters. The Labute approximate surface area is 188 Å². The summed E-state index contributed by atoms with van der Waals surface area (Å²) < 4.78 is 0. The summed E-state index contributed by atoms with van der Waals surface area (Å²) in [6.07, 6.45) is 7.44. The van der Waals surface area contributed by atoms with Gasteiger partial charge in [-0.3, -0.25) is 4.90 Å². The lowest BCUT2D eigenvalue weighted by atomic mass is 9.96. The molecule has 0 amide bonds. The van der Waals surface area contributed by atoms with Gasteiger partial charge in [0.2, 0.25) is 0 Å². The maximum absolute atomic E-state index is 6.67. The molecule has 0 spiro atoms. The molecule has 3 heterocycles. The van der Waals surface area contributed by atoms with E-state index in [0.717, 1.165) is 37.6 Å². The molecule has 0 radical (unpaired) electrons. The lowest BCUT2D eigenvalue weighted by Crippen LogP contribution is -2.54. The van der Waals surface area contributed by atoms with Crippen molar-refractivity contribution in [3.05, 3.63) is 71.1 Å². The van der Waals surface area contributed by atoms with Crippen molar-refractivity contribution < 1.29 is 0 Å². The molecule has 3 N–H and O–H groups in total. The van der Waals surface area contributed by atoms with Gasteiger partial charge in [-0.1, -0.05) is 36.4 Å². The van der Waals surface area contributed by atoms with Crippen LogP contribution < -0.4 is 16.0 Å². The fraction of sp³-hybridized carbons (Fsp3) is 0.308. The summed E-state index contributed by atoms with van der Waals surface area (Å²) in [6, 6.07) is 17.6. The quantitative estimate of drug-likeness (QED) is 0.556. The number of benzene rings is 2. The van der Waals surface area contributed by atoms with E-state index >= 15 is 0 Å². The first-order valence-corrected chi connectivity index (χ1v) is 12.2. The smallest absolute Gasteiger partial charge is 0.106 e. The zero-order valence-corrected chi connectivity index (χ0v) is 18.4. The number of piperazine rings is 1. The van der Waals surface area contributed by atoms with Gasteiger partial charge in [0.25, 0.3) is 0 Å². The molecule has 2 aliphatic heterocycles. The number of rotatable bonds is 4. The zero-order chi connectivity index (χ0) is 20.8. The maximum atomic E-state index is 6.67. The molecule has 0 bridgehead atoms. The predicted molar refractivity (Wildman–Crippen MR) is 132 cm³/mol. The Kier molecular flexibility index (Phi) is 4.82. The third-order valence-corrected chi connectivity index (χ3v) is 7.61. The normalized spacial score (nSPS) is 21.3. The van der Waals surface area contributed by atoms with Crippen LogP contribution in [0.2, 0.25) is 0 Å². The van der Waals surface area contributed by atoms with E-state index in [4.69, 9.17) is 5.73 Å². The molecule has 1 saturated carbocycles. The van der Waals surface area contributed by atoms with Crippen molar-refractivity contribution in [3.8, 4) is 10.4 Å². The Morgan fingerprint density at radius 1 is 1.00 bits per heavy atom. The summed E-state index contributed by atoms with van der Waals surface area (Å²) >= 11 is 1.78. The standard InChI is InChI=1S/C26H28N4S/c27-22-10-8-20(24-5-2-16-31-24)17-23(22)30-25(29-14-12-28-13-15-29)11-9-19-3-1-4-21(26(19)30)18-6-7-18/h1-5,8-11,16-18,25,28H,6-7,12-15,27H2. The number of nitrogens with zero attached hydrogens (tertiary/aromatic N) is 2. The molecule has 1 aliphatic carbocycles. The summed E-state index contributed by atoms with van der Waals surface area (Å²) in [5, 5.41) is 5.64. The van der Waals surface area contributed by atoms with E-state index in [1.165, 1.54) is 40.1 Å². The Bertz CT molecular complexity index is 1110. The maximum Gasteiger partial charge on any atom is 0.106 e. The molecular weight excluding hydrogens is 400 g/mol. The fourth-order valence-electron chi connectivity index (χ4n) is 4.97. The Morgan fingerprint density at radius 2 is 1.87 bits per heavy atom. The van der Waals surface area contributed by atoms with E-state index in [1.54, 1.807) is 11.3 Å². The lowest BCUT2D eigenvalue weighted by Gasteiger charge is -2.44. The van der Waals surface area contributed by atoms with Crippen LogP contribution in [0, 0.1) is 0 Å². The topological polar surface area (TPSA) is 44.5 Å². The van der Waals surface area contributed by atoms with E-state index in [2.05, 4.69) is 81.2 Å². The summed E-state index contributed by atoms with van der Waals surface area (Å²) in [5.41, 5.74) is 14.0. The number of hydrogen-bond acceptors (Lipinski definition) is 5. The Morgan fingerprint density at radius 3 is 2.65 bits per heavy atom. The molecule has 5 heteroatoms. The van der Waals surface area contributed by atoms with Crippen LogP contribution in [0.5, 0.6) is 0 Å². The van der Waals surface area contributed by atoms with Gasteiger partial charge in [0, 0.05) is 31.1 Å². The summed E-state index contributed by atoms with van der Waals surface area (Å²) in [5.74, 6) is 0.675. The van der Waals surface area contributed by atoms with Crippen molar-refractivity contribution in [1.29, 1.82) is 0 Å².